The summed E-state index contributed by atoms with van der Waals surface area (Å²) in [7, 11) is 0. The number of amides is 1. The number of rotatable bonds is 7. The highest BCUT2D eigenvalue weighted by atomic mass is 16.6. The Morgan fingerprint density at radius 2 is 1.71 bits per heavy atom. The summed E-state index contributed by atoms with van der Waals surface area (Å²) >= 11 is 0. The van der Waals surface area contributed by atoms with E-state index in [1.54, 1.807) is 18.2 Å². The predicted octanol–water partition coefficient (Wildman–Crippen LogP) is 3.69. The van der Waals surface area contributed by atoms with Gasteiger partial charge in [0.25, 0.3) is 5.69 Å². The van der Waals surface area contributed by atoms with Crippen LogP contribution >= 0.6 is 0 Å². The number of nitrogens with one attached hydrogen (secondary N) is 1. The first-order valence-corrected chi connectivity index (χ1v) is 11.5. The summed E-state index contributed by atoms with van der Waals surface area (Å²) in [6.07, 6.45) is 0. The monoisotopic (exact) mass is 472 g/mol. The molecule has 1 fully saturated rings. The van der Waals surface area contributed by atoms with Gasteiger partial charge >= 0.3 is 0 Å². The van der Waals surface area contributed by atoms with E-state index < -0.39 is 0 Å². The van der Waals surface area contributed by atoms with E-state index in [1.165, 1.54) is 6.07 Å². The molecular formula is C26H28N6O3. The predicted molar refractivity (Wildman–Crippen MR) is 135 cm³/mol. The minimum atomic E-state index is -0.365. The summed E-state index contributed by atoms with van der Waals surface area (Å²) in [5.41, 5.74) is 4.05. The Balaban J connectivity index is 1.43. The zero-order valence-corrected chi connectivity index (χ0v) is 19.9. The molecule has 180 valence electrons. The van der Waals surface area contributed by atoms with Crippen LogP contribution in [0.2, 0.25) is 0 Å². The van der Waals surface area contributed by atoms with Gasteiger partial charge in [0.2, 0.25) is 5.91 Å². The first-order valence-electron chi connectivity index (χ1n) is 11.5. The Morgan fingerprint density at radius 3 is 2.37 bits per heavy atom. The summed E-state index contributed by atoms with van der Waals surface area (Å²) in [6.45, 7) is 6.98. The molecule has 3 aromatic rings. The number of nitro benzene ring substituents is 1. The standard InChI is InChI=1S/C26H28N6O3/c1-19-20(2)31(17-21-8-4-3-5-9-21)26(22(19)16-27)28-25(33)18-29-12-14-30(15-13-29)23-10-6-7-11-24(23)32(34)35/h3-11H,12-15,17-18H2,1-2H3,(H,28,33). The fourth-order valence-electron chi connectivity index (χ4n) is 4.50. The third-order valence-corrected chi connectivity index (χ3v) is 6.54. The summed E-state index contributed by atoms with van der Waals surface area (Å²) in [4.78, 5) is 28.0. The molecule has 2 heterocycles. The van der Waals surface area contributed by atoms with Crippen LogP contribution in [0, 0.1) is 35.3 Å². The largest absolute Gasteiger partial charge is 0.363 e. The molecule has 1 N–H and O–H groups in total. The van der Waals surface area contributed by atoms with E-state index in [9.17, 15) is 20.2 Å². The van der Waals surface area contributed by atoms with Crippen LogP contribution in [0.4, 0.5) is 17.2 Å². The molecule has 0 atom stereocenters. The zero-order valence-electron chi connectivity index (χ0n) is 19.9. The van der Waals surface area contributed by atoms with Crippen molar-refractivity contribution in [1.82, 2.24) is 9.47 Å². The number of carbonyl (C=O) groups is 1. The Hall–Kier alpha value is -4.16. The van der Waals surface area contributed by atoms with Gasteiger partial charge in [0.15, 0.2) is 0 Å². The molecule has 1 aliphatic heterocycles. The molecule has 9 nitrogen and oxygen atoms in total. The molecule has 1 aromatic heterocycles. The lowest BCUT2D eigenvalue weighted by atomic mass is 10.2. The molecule has 1 aliphatic rings. The Kier molecular flexibility index (Phi) is 7.13. The normalized spacial score (nSPS) is 13.9. The highest BCUT2D eigenvalue weighted by Crippen LogP contribution is 2.29. The smallest absolute Gasteiger partial charge is 0.292 e. The molecule has 9 heteroatoms. The number of nitro groups is 1. The summed E-state index contributed by atoms with van der Waals surface area (Å²) < 4.78 is 1.98. The van der Waals surface area contributed by atoms with Crippen molar-refractivity contribution in [1.29, 1.82) is 5.26 Å². The van der Waals surface area contributed by atoms with E-state index in [-0.39, 0.29) is 23.1 Å². The third-order valence-electron chi connectivity index (χ3n) is 6.54. The van der Waals surface area contributed by atoms with Gasteiger partial charge in [-0.2, -0.15) is 5.26 Å². The van der Waals surface area contributed by atoms with Crippen molar-refractivity contribution < 1.29 is 9.72 Å². The summed E-state index contributed by atoms with van der Waals surface area (Å²) in [5.74, 6) is 0.336. The van der Waals surface area contributed by atoms with Gasteiger partial charge in [-0.15, -0.1) is 0 Å². The van der Waals surface area contributed by atoms with E-state index in [1.807, 2.05) is 58.5 Å². The molecule has 1 amide bonds. The van der Waals surface area contributed by atoms with Crippen molar-refractivity contribution in [2.75, 3.05) is 42.9 Å². The van der Waals surface area contributed by atoms with E-state index in [4.69, 9.17) is 0 Å². The van der Waals surface area contributed by atoms with Gasteiger partial charge in [-0.05, 0) is 31.0 Å². The lowest BCUT2D eigenvalue weighted by Gasteiger charge is -2.35. The van der Waals surface area contributed by atoms with Crippen LogP contribution in [0.25, 0.3) is 0 Å². The van der Waals surface area contributed by atoms with Crippen LogP contribution in [0.15, 0.2) is 54.6 Å². The highest BCUT2D eigenvalue weighted by Gasteiger charge is 2.25. The van der Waals surface area contributed by atoms with Gasteiger partial charge in [0, 0.05) is 44.5 Å². The van der Waals surface area contributed by atoms with Crippen LogP contribution in [0.5, 0.6) is 0 Å². The van der Waals surface area contributed by atoms with Crippen LogP contribution in [0.1, 0.15) is 22.4 Å². The molecule has 0 unspecified atom stereocenters. The number of nitriles is 1. The molecule has 0 radical (unpaired) electrons. The van der Waals surface area contributed by atoms with Crippen molar-refractivity contribution in [2.24, 2.45) is 0 Å². The molecular weight excluding hydrogens is 444 g/mol. The topological polar surface area (TPSA) is 107 Å². The second kappa shape index (κ2) is 10.4. The fourth-order valence-corrected chi connectivity index (χ4v) is 4.50. The second-order valence-electron chi connectivity index (χ2n) is 8.67. The van der Waals surface area contributed by atoms with Gasteiger partial charge in [0.05, 0.1) is 17.0 Å². The number of benzene rings is 2. The number of aromatic nitrogens is 1. The average Bonchev–Trinajstić information content (AvgIpc) is 3.08. The maximum absolute atomic E-state index is 13.0. The lowest BCUT2D eigenvalue weighted by Crippen LogP contribution is -2.48. The van der Waals surface area contributed by atoms with Gasteiger partial charge < -0.3 is 14.8 Å². The van der Waals surface area contributed by atoms with Gasteiger partial charge in [0.1, 0.15) is 17.6 Å². The van der Waals surface area contributed by atoms with E-state index in [0.717, 1.165) is 16.8 Å². The maximum Gasteiger partial charge on any atom is 0.292 e. The lowest BCUT2D eigenvalue weighted by molar-refractivity contribution is -0.384. The van der Waals surface area contributed by atoms with Crippen LogP contribution in [-0.4, -0.2) is 53.0 Å². The molecule has 0 aliphatic carbocycles. The number of para-hydroxylation sites is 2. The van der Waals surface area contributed by atoms with E-state index in [2.05, 4.69) is 11.4 Å². The number of nitrogens with zero attached hydrogens (tertiary/aromatic N) is 5. The van der Waals surface area contributed by atoms with E-state index in [0.29, 0.717) is 49.8 Å². The van der Waals surface area contributed by atoms with Crippen molar-refractivity contribution in [3.05, 3.63) is 87.1 Å². The van der Waals surface area contributed by atoms with Crippen LogP contribution in [0.3, 0.4) is 0 Å². The number of hydrogen-bond donors (Lipinski definition) is 1. The Morgan fingerprint density at radius 1 is 1.06 bits per heavy atom. The van der Waals surface area contributed by atoms with Crippen molar-refractivity contribution >= 4 is 23.1 Å². The molecule has 4 rings (SSSR count). The second-order valence-corrected chi connectivity index (χ2v) is 8.67. The van der Waals surface area contributed by atoms with Crippen molar-refractivity contribution in [3.63, 3.8) is 0 Å². The van der Waals surface area contributed by atoms with Crippen molar-refractivity contribution in [3.8, 4) is 6.07 Å². The quantitative estimate of drug-likeness (QED) is 0.415. The van der Waals surface area contributed by atoms with Crippen LogP contribution in [-0.2, 0) is 11.3 Å². The minimum absolute atomic E-state index is 0.0904. The molecule has 0 saturated carbocycles. The summed E-state index contributed by atoms with van der Waals surface area (Å²) in [5, 5.41) is 24.1. The maximum atomic E-state index is 13.0. The highest BCUT2D eigenvalue weighted by molar-refractivity contribution is 5.93. The van der Waals surface area contributed by atoms with Crippen LogP contribution < -0.4 is 10.2 Å². The number of piperazine rings is 1. The Bertz CT molecular complexity index is 1270. The Labute approximate surface area is 204 Å². The van der Waals surface area contributed by atoms with Gasteiger partial charge in [-0.3, -0.25) is 19.8 Å². The number of carbonyl (C=O) groups excluding carboxylic acids is 1. The van der Waals surface area contributed by atoms with Crippen molar-refractivity contribution in [2.45, 2.75) is 20.4 Å². The first kappa shape index (κ1) is 24.0. The molecule has 1 saturated heterocycles. The molecule has 2 aromatic carbocycles. The fraction of sp³-hybridized carbons (Fsp3) is 0.308. The zero-order chi connectivity index (χ0) is 24.9. The molecule has 0 spiro atoms. The number of anilines is 2. The van der Waals surface area contributed by atoms with E-state index >= 15 is 0 Å². The number of hydrogen-bond acceptors (Lipinski definition) is 6. The SMILES string of the molecule is Cc1c(C#N)c(NC(=O)CN2CCN(c3ccccc3[N+](=O)[O-])CC2)n(Cc2ccccc2)c1C. The molecule has 35 heavy (non-hydrogen) atoms. The van der Waals surface area contributed by atoms with Gasteiger partial charge in [-0.1, -0.05) is 42.5 Å². The summed E-state index contributed by atoms with van der Waals surface area (Å²) in [6, 6.07) is 18.9. The minimum Gasteiger partial charge on any atom is -0.363 e. The third kappa shape index (κ3) is 5.18. The first-order chi connectivity index (χ1) is 16.9. The average molecular weight is 473 g/mol. The molecule has 0 bridgehead atoms. The van der Waals surface area contributed by atoms with Gasteiger partial charge in [-0.25, -0.2) is 0 Å².